The van der Waals surface area contributed by atoms with Crippen molar-refractivity contribution in [3.05, 3.63) is 76.5 Å². The zero-order chi connectivity index (χ0) is 30.8. The summed E-state index contributed by atoms with van der Waals surface area (Å²) >= 11 is 7.10. The minimum atomic E-state index is 0.0143. The Kier molecular flexibility index (Phi) is 7.13. The van der Waals surface area contributed by atoms with Crippen LogP contribution in [0.25, 0.3) is 11.1 Å². The number of anilines is 2. The average molecular weight is 612 g/mol. The van der Waals surface area contributed by atoms with E-state index in [2.05, 4.69) is 58.3 Å². The maximum atomic E-state index is 12.1. The number of aryl methyl sites for hydroxylation is 1. The van der Waals surface area contributed by atoms with Crippen LogP contribution in [-0.2, 0) is 11.3 Å². The summed E-state index contributed by atoms with van der Waals surface area (Å²) in [6, 6.07) is 12.9. The molecule has 8 nitrogen and oxygen atoms in total. The second kappa shape index (κ2) is 10.8. The molecule has 0 bridgehead atoms. The van der Waals surface area contributed by atoms with Crippen LogP contribution < -0.4 is 10.6 Å². The van der Waals surface area contributed by atoms with Gasteiger partial charge in [-0.3, -0.25) is 14.4 Å². The predicted molar refractivity (Wildman–Crippen MR) is 178 cm³/mol. The van der Waals surface area contributed by atoms with E-state index in [0.717, 1.165) is 93.2 Å². The zero-order valence-corrected chi connectivity index (χ0v) is 26.5. The minimum absolute atomic E-state index is 0.0143. The SMILES string of the molecule is C=CC(=O)N1CC2(CC(n3nc(N4CCN(Cc5ccccc5)CC45CCC5)c(-c4c(Cl)c(C)cc(N)c4C=N)c3C)C2)C1. The van der Waals surface area contributed by atoms with Crippen molar-refractivity contribution in [1.82, 2.24) is 19.6 Å². The number of aromatic nitrogens is 2. The number of hydrogen-bond donors (Lipinski definition) is 2. The van der Waals surface area contributed by atoms with Crippen LogP contribution in [0.5, 0.6) is 0 Å². The molecule has 230 valence electrons. The average Bonchev–Trinajstić information content (AvgIpc) is 3.28. The molecule has 1 aromatic heterocycles. The Balaban J connectivity index is 1.27. The van der Waals surface area contributed by atoms with Gasteiger partial charge in [0.05, 0.1) is 16.6 Å². The molecule has 0 unspecified atom stereocenters. The van der Waals surface area contributed by atoms with Crippen molar-refractivity contribution in [2.45, 2.75) is 64.1 Å². The van der Waals surface area contributed by atoms with Crippen molar-refractivity contribution in [3.8, 4) is 11.1 Å². The molecule has 1 amide bonds. The van der Waals surface area contributed by atoms with E-state index in [0.29, 0.717) is 16.3 Å². The van der Waals surface area contributed by atoms with Crippen LogP contribution in [0.15, 0.2) is 49.1 Å². The Labute approximate surface area is 265 Å². The van der Waals surface area contributed by atoms with Crippen molar-refractivity contribution in [1.29, 1.82) is 5.41 Å². The fraction of sp³-hybridized carbons (Fsp3) is 0.457. The lowest BCUT2D eigenvalue weighted by molar-refractivity contribution is -0.149. The number of carbonyl (C=O) groups is 1. The molecule has 0 atom stereocenters. The lowest BCUT2D eigenvalue weighted by atomic mass is 9.60. The van der Waals surface area contributed by atoms with Crippen LogP contribution in [0, 0.1) is 24.7 Å². The van der Waals surface area contributed by atoms with Gasteiger partial charge in [0.25, 0.3) is 0 Å². The second-order valence-corrected chi connectivity index (χ2v) is 14.0. The van der Waals surface area contributed by atoms with Gasteiger partial charge in [-0.1, -0.05) is 48.5 Å². The fourth-order valence-corrected chi connectivity index (χ4v) is 8.62. The topological polar surface area (TPSA) is 94.5 Å². The highest BCUT2D eigenvalue weighted by molar-refractivity contribution is 6.35. The second-order valence-electron chi connectivity index (χ2n) is 13.6. The first-order valence-electron chi connectivity index (χ1n) is 15.8. The van der Waals surface area contributed by atoms with Gasteiger partial charge < -0.3 is 20.9 Å². The molecule has 3 aromatic rings. The third kappa shape index (κ3) is 4.57. The Morgan fingerprint density at radius 1 is 1.14 bits per heavy atom. The molecule has 2 saturated heterocycles. The van der Waals surface area contributed by atoms with Crippen LogP contribution in [0.2, 0.25) is 5.02 Å². The monoisotopic (exact) mass is 611 g/mol. The summed E-state index contributed by atoms with van der Waals surface area (Å²) in [4.78, 5) is 19.2. The van der Waals surface area contributed by atoms with Crippen LogP contribution >= 0.6 is 11.6 Å². The number of rotatable bonds is 7. The normalized spacial score (nSPS) is 20.7. The number of carbonyl (C=O) groups excluding carboxylic acids is 1. The van der Waals surface area contributed by atoms with Gasteiger partial charge >= 0.3 is 0 Å². The summed E-state index contributed by atoms with van der Waals surface area (Å²) in [5.74, 6) is 0.983. The Morgan fingerprint density at radius 2 is 1.86 bits per heavy atom. The third-order valence-electron chi connectivity index (χ3n) is 10.8. The third-order valence-corrected chi connectivity index (χ3v) is 11.3. The number of amides is 1. The number of likely N-dealkylation sites (tertiary alicyclic amines) is 1. The lowest BCUT2D eigenvalue weighted by Crippen LogP contribution is -2.66. The maximum absolute atomic E-state index is 12.1. The molecular formula is C35H42ClN7O. The molecule has 2 spiro atoms. The van der Waals surface area contributed by atoms with Crippen molar-refractivity contribution in [2.75, 3.05) is 43.4 Å². The number of halogens is 1. The van der Waals surface area contributed by atoms with E-state index in [1.807, 2.05) is 17.9 Å². The van der Waals surface area contributed by atoms with Crippen molar-refractivity contribution >= 4 is 35.2 Å². The molecule has 9 heteroatoms. The molecule has 7 rings (SSSR count). The first kappa shape index (κ1) is 29.1. The fourth-order valence-electron chi connectivity index (χ4n) is 8.37. The van der Waals surface area contributed by atoms with E-state index >= 15 is 0 Å². The number of nitrogen functional groups attached to an aromatic ring is 1. The predicted octanol–water partition coefficient (Wildman–Crippen LogP) is 5.99. The number of nitrogens with one attached hydrogen (secondary N) is 1. The molecule has 2 saturated carbocycles. The molecular weight excluding hydrogens is 570 g/mol. The zero-order valence-electron chi connectivity index (χ0n) is 25.8. The number of nitrogens with two attached hydrogens (primary N) is 1. The summed E-state index contributed by atoms with van der Waals surface area (Å²) in [5.41, 5.74) is 13.0. The van der Waals surface area contributed by atoms with E-state index in [9.17, 15) is 4.79 Å². The van der Waals surface area contributed by atoms with Crippen molar-refractivity contribution < 1.29 is 4.79 Å². The maximum Gasteiger partial charge on any atom is 0.245 e. The molecule has 0 radical (unpaired) electrons. The first-order chi connectivity index (χ1) is 21.2. The molecule has 44 heavy (non-hydrogen) atoms. The quantitative estimate of drug-likeness (QED) is 0.194. The van der Waals surface area contributed by atoms with Crippen LogP contribution in [0.3, 0.4) is 0 Å². The molecule has 2 aliphatic heterocycles. The molecule has 4 aliphatic rings. The summed E-state index contributed by atoms with van der Waals surface area (Å²) in [7, 11) is 0. The largest absolute Gasteiger partial charge is 0.398 e. The lowest BCUT2D eigenvalue weighted by Gasteiger charge is -2.59. The van der Waals surface area contributed by atoms with E-state index in [1.165, 1.54) is 24.3 Å². The summed E-state index contributed by atoms with van der Waals surface area (Å²) in [5, 5.41) is 14.4. The van der Waals surface area contributed by atoms with Gasteiger partial charge in [-0.2, -0.15) is 5.10 Å². The number of benzene rings is 2. The van der Waals surface area contributed by atoms with Gasteiger partial charge in [0.1, 0.15) is 0 Å². The molecule has 2 aliphatic carbocycles. The van der Waals surface area contributed by atoms with Crippen LogP contribution in [0.1, 0.15) is 60.5 Å². The van der Waals surface area contributed by atoms with Crippen LogP contribution in [-0.4, -0.2) is 70.0 Å². The minimum Gasteiger partial charge on any atom is -0.398 e. The Morgan fingerprint density at radius 3 is 2.50 bits per heavy atom. The number of piperazine rings is 1. The van der Waals surface area contributed by atoms with E-state index in [-0.39, 0.29) is 22.9 Å². The molecule has 2 aromatic carbocycles. The van der Waals surface area contributed by atoms with Gasteiger partial charge in [0, 0.05) is 79.0 Å². The highest BCUT2D eigenvalue weighted by Gasteiger charge is 2.55. The van der Waals surface area contributed by atoms with Crippen molar-refractivity contribution in [3.63, 3.8) is 0 Å². The smallest absolute Gasteiger partial charge is 0.245 e. The van der Waals surface area contributed by atoms with E-state index in [1.54, 1.807) is 0 Å². The van der Waals surface area contributed by atoms with E-state index in [4.69, 9.17) is 27.8 Å². The summed E-state index contributed by atoms with van der Waals surface area (Å²) < 4.78 is 2.22. The number of nitrogens with zero attached hydrogens (tertiary/aromatic N) is 5. The highest BCUT2D eigenvalue weighted by atomic mass is 35.5. The van der Waals surface area contributed by atoms with Crippen LogP contribution in [0.4, 0.5) is 11.5 Å². The van der Waals surface area contributed by atoms with Crippen molar-refractivity contribution in [2.24, 2.45) is 5.41 Å². The van der Waals surface area contributed by atoms with Gasteiger partial charge in [-0.25, -0.2) is 0 Å². The van der Waals surface area contributed by atoms with E-state index < -0.39 is 0 Å². The first-order valence-corrected chi connectivity index (χ1v) is 16.2. The number of hydrogen-bond acceptors (Lipinski definition) is 6. The standard InChI is InChI=1S/C35H42ClN7O/c1-4-29(44)41-20-34(21-41)16-26(17-34)43-24(3)30(31-27(18-37)28(38)15-23(2)32(31)36)33(39-43)42-14-13-40(22-35(42)11-8-12-35)19-25-9-6-5-7-10-25/h4-7,9-10,15,18,26,37H,1,8,11-14,16-17,19-22,38H2,2-3H3. The molecule has 3 heterocycles. The summed E-state index contributed by atoms with van der Waals surface area (Å²) in [6.07, 6.45) is 8.20. The molecule has 3 N–H and O–H groups in total. The van der Waals surface area contributed by atoms with Gasteiger partial charge in [-0.15, -0.1) is 0 Å². The highest BCUT2D eigenvalue weighted by Crippen LogP contribution is 2.56. The van der Waals surface area contributed by atoms with Gasteiger partial charge in [0.15, 0.2) is 5.82 Å². The summed E-state index contributed by atoms with van der Waals surface area (Å²) in [6.45, 7) is 13.1. The van der Waals surface area contributed by atoms with Gasteiger partial charge in [-0.05, 0) is 69.2 Å². The Hall–Kier alpha value is -3.62. The van der Waals surface area contributed by atoms with Gasteiger partial charge in [0.2, 0.25) is 5.91 Å². The Bertz CT molecular complexity index is 1630. The molecule has 4 fully saturated rings.